The van der Waals surface area contributed by atoms with Gasteiger partial charge in [-0.05, 0) is 6.42 Å². The normalized spacial score (nSPS) is 31.5. The third-order valence-electron chi connectivity index (χ3n) is 8.89. The molecule has 1 unspecified atom stereocenters. The lowest BCUT2D eigenvalue weighted by atomic mass is 9.97. The van der Waals surface area contributed by atoms with E-state index < -0.39 is 86.7 Å². The van der Waals surface area contributed by atoms with E-state index in [0.717, 1.165) is 26.2 Å². The molecule has 0 bridgehead atoms. The Morgan fingerprint density at radius 2 is 1.21 bits per heavy atom. The summed E-state index contributed by atoms with van der Waals surface area (Å²) in [6.07, 6.45) is 2.33. The Morgan fingerprint density at radius 1 is 0.667 bits per heavy atom. The first-order valence-electron chi connectivity index (χ1n) is 18.1. The maximum atomic E-state index is 11.2. The quantitative estimate of drug-likeness (QED) is 0.0504. The highest BCUT2D eigenvalue weighted by atomic mass is 16.7. The smallest absolute Gasteiger partial charge is 0.302 e. The molecule has 0 spiro atoms. The molecule has 11 atom stereocenters. The molecule has 2 fully saturated rings. The van der Waals surface area contributed by atoms with Gasteiger partial charge >= 0.3 is 5.97 Å². The van der Waals surface area contributed by atoms with Crippen LogP contribution in [-0.2, 0) is 33.2 Å². The lowest BCUT2D eigenvalue weighted by Crippen LogP contribution is -2.65. The van der Waals surface area contributed by atoms with Crippen LogP contribution in [0.5, 0.6) is 0 Å². The van der Waals surface area contributed by atoms with Crippen molar-refractivity contribution in [3.63, 3.8) is 0 Å². The van der Waals surface area contributed by atoms with E-state index in [1.165, 1.54) is 77.0 Å². The number of aliphatic hydroxyl groups excluding tert-OH is 7. The van der Waals surface area contributed by atoms with Crippen LogP contribution in [0.25, 0.3) is 0 Å². The molecular weight excluding hydrogens is 632 g/mol. The molecule has 48 heavy (non-hydrogen) atoms. The zero-order chi connectivity index (χ0) is 35.3. The highest BCUT2D eigenvalue weighted by Gasteiger charge is 2.51. The van der Waals surface area contributed by atoms with Crippen molar-refractivity contribution in [1.29, 1.82) is 0 Å². The van der Waals surface area contributed by atoms with Crippen LogP contribution in [0.4, 0.5) is 0 Å². The lowest BCUT2D eigenvalue weighted by Gasteiger charge is -2.46. The number of ether oxygens (including phenoxy) is 6. The van der Waals surface area contributed by atoms with Crippen LogP contribution in [0, 0.1) is 0 Å². The Hall–Kier alpha value is -1.01. The number of unbranched alkanes of at least 4 members (excludes halogenated alkanes) is 14. The number of aliphatic hydroxyl groups is 7. The SMILES string of the molecule is CCCCCCCCCCCCCCCCCOCC(O)CO[C@H]1O[C@H](CO)[C@@H](O)[C@H](O[C@H]2O[C@H](COC(C)=O)[C@@H](O)[C@H](O)[C@H]2O)[C@@H]1O. The molecule has 0 aliphatic carbocycles. The Kier molecular flexibility index (Phi) is 22.5. The molecule has 0 aromatic rings. The van der Waals surface area contributed by atoms with Crippen LogP contribution >= 0.6 is 0 Å². The van der Waals surface area contributed by atoms with Crippen LogP contribution in [0.2, 0.25) is 0 Å². The average molecular weight is 697 g/mol. The van der Waals surface area contributed by atoms with Crippen LogP contribution in [0.15, 0.2) is 0 Å². The summed E-state index contributed by atoms with van der Waals surface area (Å²) >= 11 is 0. The van der Waals surface area contributed by atoms with Crippen molar-refractivity contribution in [2.24, 2.45) is 0 Å². The van der Waals surface area contributed by atoms with E-state index >= 15 is 0 Å². The fourth-order valence-corrected chi connectivity index (χ4v) is 5.92. The topological polar surface area (TPSA) is 214 Å². The van der Waals surface area contributed by atoms with E-state index in [0.29, 0.717) is 6.61 Å². The maximum Gasteiger partial charge on any atom is 0.302 e. The molecule has 14 heteroatoms. The van der Waals surface area contributed by atoms with Crippen molar-refractivity contribution in [2.45, 2.75) is 178 Å². The number of carbonyl (C=O) groups excluding carboxylic acids is 1. The van der Waals surface area contributed by atoms with E-state index in [-0.39, 0.29) is 13.2 Å². The van der Waals surface area contributed by atoms with E-state index in [1.54, 1.807) is 0 Å². The van der Waals surface area contributed by atoms with E-state index in [4.69, 9.17) is 28.4 Å². The molecule has 0 radical (unpaired) electrons. The summed E-state index contributed by atoms with van der Waals surface area (Å²) in [5.41, 5.74) is 0. The molecule has 2 aliphatic rings. The summed E-state index contributed by atoms with van der Waals surface area (Å²) in [4.78, 5) is 11.2. The summed E-state index contributed by atoms with van der Waals surface area (Å²) in [6.45, 7) is 2.46. The summed E-state index contributed by atoms with van der Waals surface area (Å²) < 4.78 is 32.5. The first-order chi connectivity index (χ1) is 23.1. The van der Waals surface area contributed by atoms with Gasteiger partial charge in [0, 0.05) is 13.5 Å². The molecule has 2 aliphatic heterocycles. The Morgan fingerprint density at radius 3 is 1.75 bits per heavy atom. The minimum Gasteiger partial charge on any atom is -0.463 e. The van der Waals surface area contributed by atoms with E-state index in [9.17, 15) is 40.5 Å². The van der Waals surface area contributed by atoms with Gasteiger partial charge in [-0.3, -0.25) is 4.79 Å². The minimum atomic E-state index is -1.80. The fourth-order valence-electron chi connectivity index (χ4n) is 5.92. The van der Waals surface area contributed by atoms with Crippen LogP contribution < -0.4 is 0 Å². The molecule has 2 heterocycles. The zero-order valence-electron chi connectivity index (χ0n) is 29.0. The molecule has 0 amide bonds. The predicted octanol–water partition coefficient (Wildman–Crippen LogP) is 1.45. The van der Waals surface area contributed by atoms with Gasteiger partial charge in [-0.25, -0.2) is 0 Å². The largest absolute Gasteiger partial charge is 0.463 e. The molecular formula is C34H64O14. The molecule has 2 rings (SSSR count). The lowest BCUT2D eigenvalue weighted by molar-refractivity contribution is -0.361. The first-order valence-corrected chi connectivity index (χ1v) is 18.1. The maximum absolute atomic E-state index is 11.2. The second-order valence-corrected chi connectivity index (χ2v) is 13.1. The van der Waals surface area contributed by atoms with Gasteiger partial charge in [0.25, 0.3) is 0 Å². The summed E-state index contributed by atoms with van der Waals surface area (Å²) in [5.74, 6) is -0.664. The number of esters is 1. The Labute approximate surface area is 285 Å². The monoisotopic (exact) mass is 696 g/mol. The van der Waals surface area contributed by atoms with Crippen molar-refractivity contribution in [3.8, 4) is 0 Å². The van der Waals surface area contributed by atoms with Gasteiger partial charge in [0.1, 0.15) is 61.5 Å². The number of hydrogen-bond acceptors (Lipinski definition) is 14. The Balaban J connectivity index is 1.63. The average Bonchev–Trinajstić information content (AvgIpc) is 3.07. The van der Waals surface area contributed by atoms with Crippen molar-refractivity contribution in [3.05, 3.63) is 0 Å². The second-order valence-electron chi connectivity index (χ2n) is 13.1. The van der Waals surface area contributed by atoms with Gasteiger partial charge in [-0.15, -0.1) is 0 Å². The Bertz CT molecular complexity index is 821. The van der Waals surface area contributed by atoms with Gasteiger partial charge in [0.15, 0.2) is 12.6 Å². The number of rotatable bonds is 26. The first kappa shape index (κ1) is 43.2. The summed E-state index contributed by atoms with van der Waals surface area (Å²) in [5, 5.41) is 72.5. The standard InChI is InChI=1S/C34H64O14/c1-3-4-5-6-7-8-9-10-11-12-13-14-15-16-17-18-43-20-24(37)21-45-33-31(42)32(28(39)25(19-35)46-33)48-34-30(41)29(40)27(38)26(47-34)22-44-23(2)36/h24-35,37-42H,3-22H2,1-2H3/t24?,25-,26-,27-,28-,29+,30-,31+,32+,33+,34-/m1/s1. The molecule has 284 valence electrons. The number of hydrogen-bond donors (Lipinski definition) is 7. The third-order valence-corrected chi connectivity index (χ3v) is 8.89. The molecule has 7 N–H and O–H groups in total. The zero-order valence-corrected chi connectivity index (χ0v) is 29.0. The van der Waals surface area contributed by atoms with Gasteiger partial charge in [-0.1, -0.05) is 96.8 Å². The minimum absolute atomic E-state index is 0.000551. The number of carbonyl (C=O) groups is 1. The van der Waals surface area contributed by atoms with Gasteiger partial charge in [0.05, 0.1) is 19.8 Å². The van der Waals surface area contributed by atoms with Gasteiger partial charge in [-0.2, -0.15) is 0 Å². The fraction of sp³-hybridized carbons (Fsp3) is 0.971. The van der Waals surface area contributed by atoms with E-state index in [1.807, 2.05) is 0 Å². The molecule has 0 saturated carbocycles. The van der Waals surface area contributed by atoms with E-state index in [2.05, 4.69) is 6.92 Å². The molecule has 2 saturated heterocycles. The highest BCUT2D eigenvalue weighted by Crippen LogP contribution is 2.30. The van der Waals surface area contributed by atoms with Crippen molar-refractivity contribution in [1.82, 2.24) is 0 Å². The van der Waals surface area contributed by atoms with Crippen LogP contribution in [0.1, 0.15) is 110 Å². The summed E-state index contributed by atoms with van der Waals surface area (Å²) in [6, 6.07) is 0. The predicted molar refractivity (Wildman–Crippen MR) is 174 cm³/mol. The van der Waals surface area contributed by atoms with Crippen molar-refractivity contribution < 1.29 is 69.0 Å². The highest BCUT2D eigenvalue weighted by molar-refractivity contribution is 5.65. The second kappa shape index (κ2) is 25.0. The van der Waals surface area contributed by atoms with Crippen LogP contribution in [-0.4, -0.2) is 142 Å². The van der Waals surface area contributed by atoms with Crippen molar-refractivity contribution >= 4 is 5.97 Å². The molecule has 0 aromatic heterocycles. The molecule has 14 nitrogen and oxygen atoms in total. The van der Waals surface area contributed by atoms with Crippen LogP contribution in [0.3, 0.4) is 0 Å². The molecule has 0 aromatic carbocycles. The van der Waals surface area contributed by atoms with Gasteiger partial charge < -0.3 is 64.2 Å². The third kappa shape index (κ3) is 15.9. The van der Waals surface area contributed by atoms with Gasteiger partial charge in [0.2, 0.25) is 0 Å². The summed E-state index contributed by atoms with van der Waals surface area (Å²) in [7, 11) is 0. The van der Waals surface area contributed by atoms with Crippen molar-refractivity contribution in [2.75, 3.05) is 33.0 Å².